The fourth-order valence-electron chi connectivity index (χ4n) is 3.83. The number of nitrogens with two attached hydrogens (primary N) is 1. The largest absolute Gasteiger partial charge is 0.478 e. The molecule has 46 heavy (non-hydrogen) atoms. The van der Waals surface area contributed by atoms with Crippen molar-refractivity contribution in [1.82, 2.24) is 5.32 Å². The summed E-state index contributed by atoms with van der Waals surface area (Å²) in [6.45, 7) is 5.19. The van der Waals surface area contributed by atoms with Gasteiger partial charge < -0.3 is 35.8 Å². The Labute approximate surface area is 266 Å². The monoisotopic (exact) mass is 668 g/mol. The molecule has 0 saturated carbocycles. The standard InChI is InChI=1S/C18H14O8.C13H18ClF3N2O/c19-15(20)13(25-17(23)11-7-3-1-4-8-11)14(16(21)22)26-18(24)12-9-5-2-6-10-12;1-12(2,3)19-10(6-20)7-4-8(13(15,16)17)11(18)9(14)5-7/h1-10,13-14H,(H,19,20)(H,21,22);4-5,10,19-20H,6,18H2,1-3H3/t13-,14-;/m0./s1. The van der Waals surface area contributed by atoms with Crippen LogP contribution in [0.4, 0.5) is 18.9 Å². The maximum absolute atomic E-state index is 12.9. The van der Waals surface area contributed by atoms with Gasteiger partial charge in [0.15, 0.2) is 0 Å². The molecule has 3 rings (SSSR count). The van der Waals surface area contributed by atoms with Crippen molar-refractivity contribution in [2.45, 2.75) is 50.7 Å². The van der Waals surface area contributed by atoms with Crippen LogP contribution in [0.3, 0.4) is 0 Å². The molecule has 0 amide bonds. The van der Waals surface area contributed by atoms with Crippen molar-refractivity contribution in [3.63, 3.8) is 0 Å². The third kappa shape index (κ3) is 11.1. The number of ether oxygens (including phenoxy) is 2. The van der Waals surface area contributed by atoms with E-state index in [1.165, 1.54) is 54.6 Å². The Balaban J connectivity index is 0.000000332. The number of benzene rings is 3. The Morgan fingerprint density at radius 3 is 1.57 bits per heavy atom. The van der Waals surface area contributed by atoms with E-state index >= 15 is 0 Å². The fourth-order valence-corrected chi connectivity index (χ4v) is 4.06. The van der Waals surface area contributed by atoms with Crippen LogP contribution in [0, 0.1) is 0 Å². The summed E-state index contributed by atoms with van der Waals surface area (Å²) in [5.41, 5.74) is 3.80. The first kappa shape index (κ1) is 37.5. The molecule has 248 valence electrons. The molecule has 0 saturated heterocycles. The van der Waals surface area contributed by atoms with Crippen LogP contribution in [-0.2, 0) is 25.2 Å². The predicted molar refractivity (Wildman–Crippen MR) is 160 cm³/mol. The van der Waals surface area contributed by atoms with Gasteiger partial charge in [-0.2, -0.15) is 13.2 Å². The first-order chi connectivity index (χ1) is 21.4. The SMILES string of the molecule is CC(C)(C)NC(CO)c1cc(Cl)c(N)c(C(F)(F)F)c1.O=C(O[C@H](C(=O)O)[C@H](OC(=O)c1ccccc1)C(=O)O)c1ccccc1. The molecule has 0 radical (unpaired) electrons. The zero-order valence-corrected chi connectivity index (χ0v) is 25.5. The molecule has 0 aliphatic rings. The number of anilines is 1. The fraction of sp³-hybridized carbons (Fsp3) is 0.290. The highest BCUT2D eigenvalue weighted by atomic mass is 35.5. The second-order valence-corrected chi connectivity index (χ2v) is 11.1. The third-order valence-electron chi connectivity index (χ3n) is 5.90. The van der Waals surface area contributed by atoms with E-state index in [0.717, 1.165) is 6.07 Å². The van der Waals surface area contributed by atoms with Crippen molar-refractivity contribution in [3.8, 4) is 0 Å². The van der Waals surface area contributed by atoms with Crippen LogP contribution in [-0.4, -0.2) is 63.6 Å². The zero-order chi connectivity index (χ0) is 34.8. The minimum Gasteiger partial charge on any atom is -0.478 e. The number of carboxylic acid groups (broad SMARTS) is 2. The number of alkyl halides is 3. The third-order valence-corrected chi connectivity index (χ3v) is 6.21. The van der Waals surface area contributed by atoms with Crippen LogP contribution in [0.1, 0.15) is 58.7 Å². The number of hydrogen-bond donors (Lipinski definition) is 5. The zero-order valence-electron chi connectivity index (χ0n) is 24.7. The van der Waals surface area contributed by atoms with E-state index in [1.54, 1.807) is 12.1 Å². The van der Waals surface area contributed by atoms with E-state index < -0.39 is 59.6 Å². The molecule has 3 aromatic carbocycles. The van der Waals surface area contributed by atoms with Gasteiger partial charge >= 0.3 is 30.1 Å². The van der Waals surface area contributed by atoms with Crippen molar-refractivity contribution in [1.29, 1.82) is 0 Å². The van der Waals surface area contributed by atoms with Gasteiger partial charge in [-0.25, -0.2) is 19.2 Å². The molecule has 6 N–H and O–H groups in total. The molecule has 0 spiro atoms. The van der Waals surface area contributed by atoms with Gasteiger partial charge in [0.2, 0.25) is 12.2 Å². The highest BCUT2D eigenvalue weighted by Crippen LogP contribution is 2.39. The molecule has 0 bridgehead atoms. The number of aliphatic carboxylic acids is 2. The smallest absolute Gasteiger partial charge is 0.418 e. The van der Waals surface area contributed by atoms with Gasteiger partial charge in [-0.05, 0) is 62.7 Å². The molecule has 0 aliphatic carbocycles. The maximum Gasteiger partial charge on any atom is 0.418 e. The molecule has 1 unspecified atom stereocenters. The van der Waals surface area contributed by atoms with Gasteiger partial charge in [-0.1, -0.05) is 48.0 Å². The number of hydrogen-bond acceptors (Lipinski definition) is 9. The quantitative estimate of drug-likeness (QED) is 0.145. The number of carbonyl (C=O) groups excluding carboxylic acids is 2. The lowest BCUT2D eigenvalue weighted by Crippen LogP contribution is -2.45. The van der Waals surface area contributed by atoms with Crippen molar-refractivity contribution < 1.29 is 57.1 Å². The van der Waals surface area contributed by atoms with Crippen molar-refractivity contribution in [3.05, 3.63) is 100 Å². The van der Waals surface area contributed by atoms with Crippen LogP contribution < -0.4 is 11.1 Å². The normalized spacial score (nSPS) is 13.3. The summed E-state index contributed by atoms with van der Waals surface area (Å²) in [7, 11) is 0. The average molecular weight is 669 g/mol. The number of aliphatic hydroxyl groups is 1. The first-order valence-corrected chi connectivity index (χ1v) is 13.8. The van der Waals surface area contributed by atoms with E-state index in [2.05, 4.69) is 5.32 Å². The minimum absolute atomic E-state index is 0.0253. The van der Waals surface area contributed by atoms with Gasteiger partial charge in [-0.15, -0.1) is 0 Å². The minimum atomic E-state index is -4.59. The highest BCUT2D eigenvalue weighted by molar-refractivity contribution is 6.33. The Kier molecular flexibility index (Phi) is 13.1. The number of rotatable bonds is 10. The van der Waals surface area contributed by atoms with E-state index in [-0.39, 0.29) is 33.9 Å². The molecular formula is C31H32ClF3N2O9. The summed E-state index contributed by atoms with van der Waals surface area (Å²) in [5.74, 6) is -5.63. The van der Waals surface area contributed by atoms with Crippen LogP contribution in [0.5, 0.6) is 0 Å². The summed E-state index contributed by atoms with van der Waals surface area (Å²) in [6, 6.07) is 16.4. The summed E-state index contributed by atoms with van der Waals surface area (Å²) < 4.78 is 48.2. The number of nitrogen functional groups attached to an aromatic ring is 1. The molecule has 3 aromatic rings. The number of nitrogens with one attached hydrogen (secondary N) is 1. The van der Waals surface area contributed by atoms with Crippen LogP contribution in [0.15, 0.2) is 72.8 Å². The Morgan fingerprint density at radius 2 is 1.24 bits per heavy atom. The van der Waals surface area contributed by atoms with E-state index in [4.69, 9.17) is 26.8 Å². The summed E-state index contributed by atoms with van der Waals surface area (Å²) in [5, 5.41) is 30.7. The molecule has 15 heteroatoms. The van der Waals surface area contributed by atoms with Crippen molar-refractivity contribution >= 4 is 41.2 Å². The van der Waals surface area contributed by atoms with Gasteiger partial charge in [0.25, 0.3) is 0 Å². The Bertz CT molecular complexity index is 1450. The highest BCUT2D eigenvalue weighted by Gasteiger charge is 2.41. The average Bonchev–Trinajstić information content (AvgIpc) is 2.98. The Hall–Kier alpha value is -4.66. The van der Waals surface area contributed by atoms with Crippen molar-refractivity contribution in [2.75, 3.05) is 12.3 Å². The molecule has 0 heterocycles. The summed E-state index contributed by atoms with van der Waals surface area (Å²) >= 11 is 5.76. The van der Waals surface area contributed by atoms with Crippen molar-refractivity contribution in [2.24, 2.45) is 0 Å². The number of halogens is 4. The van der Waals surface area contributed by atoms with Gasteiger partial charge in [0.05, 0.1) is 40.0 Å². The number of carboxylic acids is 2. The Morgan fingerprint density at radius 1 is 0.826 bits per heavy atom. The second-order valence-electron chi connectivity index (χ2n) is 10.7. The summed E-state index contributed by atoms with van der Waals surface area (Å²) in [4.78, 5) is 46.8. The number of aliphatic hydroxyl groups excluding tert-OH is 1. The van der Waals surface area contributed by atoms with E-state index in [0.29, 0.717) is 0 Å². The van der Waals surface area contributed by atoms with E-state index in [9.17, 15) is 47.7 Å². The van der Waals surface area contributed by atoms with Gasteiger partial charge in [0, 0.05) is 5.54 Å². The number of carbonyl (C=O) groups is 4. The topological polar surface area (TPSA) is 185 Å². The predicted octanol–water partition coefficient (Wildman–Crippen LogP) is 4.97. The first-order valence-electron chi connectivity index (χ1n) is 13.4. The van der Waals surface area contributed by atoms with Crippen LogP contribution in [0.2, 0.25) is 5.02 Å². The van der Waals surface area contributed by atoms with Crippen LogP contribution >= 0.6 is 11.6 Å². The van der Waals surface area contributed by atoms with Crippen LogP contribution in [0.25, 0.3) is 0 Å². The molecule has 0 aromatic heterocycles. The maximum atomic E-state index is 12.9. The summed E-state index contributed by atoms with van der Waals surface area (Å²) in [6.07, 6.45) is -9.02. The van der Waals surface area contributed by atoms with Gasteiger partial charge in [-0.3, -0.25) is 0 Å². The molecular weight excluding hydrogens is 637 g/mol. The molecule has 0 fully saturated rings. The van der Waals surface area contributed by atoms with Gasteiger partial charge in [0.1, 0.15) is 0 Å². The lowest BCUT2D eigenvalue weighted by molar-refractivity contribution is -0.166. The molecule has 3 atom stereocenters. The number of esters is 2. The van der Waals surface area contributed by atoms with E-state index in [1.807, 2.05) is 20.8 Å². The lowest BCUT2D eigenvalue weighted by atomic mass is 9.99. The molecule has 0 aliphatic heterocycles. The lowest BCUT2D eigenvalue weighted by Gasteiger charge is -2.28. The molecule has 11 nitrogen and oxygen atoms in total. The second kappa shape index (κ2) is 16.1.